The monoisotopic (exact) mass is 314 g/mol. The molecule has 1 aromatic heterocycles. The predicted octanol–water partition coefficient (Wildman–Crippen LogP) is 3.20. The van der Waals surface area contributed by atoms with Gasteiger partial charge in [0, 0.05) is 6.42 Å². The SMILES string of the molecule is CC(C)(C)Cc1nc(Br)c2n1C(C(=O)O)CCC2. The average molecular weight is 315 g/mol. The fourth-order valence-corrected chi connectivity index (χ4v) is 3.10. The first-order valence-electron chi connectivity index (χ1n) is 6.28. The van der Waals surface area contributed by atoms with E-state index in [2.05, 4.69) is 41.7 Å². The summed E-state index contributed by atoms with van der Waals surface area (Å²) in [7, 11) is 0. The summed E-state index contributed by atoms with van der Waals surface area (Å²) in [6.07, 6.45) is 3.30. The van der Waals surface area contributed by atoms with Crippen LogP contribution < -0.4 is 0 Å². The normalized spacial score (nSPS) is 19.7. The van der Waals surface area contributed by atoms with Gasteiger partial charge in [-0.05, 0) is 40.6 Å². The molecule has 2 heterocycles. The largest absolute Gasteiger partial charge is 0.480 e. The average Bonchev–Trinajstić information content (AvgIpc) is 2.53. The van der Waals surface area contributed by atoms with Crippen LogP contribution in [0.5, 0.6) is 0 Å². The van der Waals surface area contributed by atoms with Crippen molar-refractivity contribution in [1.82, 2.24) is 9.55 Å². The van der Waals surface area contributed by atoms with Crippen LogP contribution in [0.2, 0.25) is 0 Å². The molecule has 0 bridgehead atoms. The summed E-state index contributed by atoms with van der Waals surface area (Å²) in [5, 5.41) is 9.35. The van der Waals surface area contributed by atoms with Crippen molar-refractivity contribution in [3.8, 4) is 0 Å². The van der Waals surface area contributed by atoms with Gasteiger partial charge in [-0.3, -0.25) is 0 Å². The molecule has 1 unspecified atom stereocenters. The summed E-state index contributed by atoms with van der Waals surface area (Å²) in [5.41, 5.74) is 1.13. The second kappa shape index (κ2) is 4.68. The van der Waals surface area contributed by atoms with Crippen LogP contribution in [0.4, 0.5) is 0 Å². The zero-order valence-corrected chi connectivity index (χ0v) is 12.6. The van der Waals surface area contributed by atoms with E-state index in [0.717, 1.165) is 35.4 Å². The number of fused-ring (bicyclic) bond motifs is 1. The highest BCUT2D eigenvalue weighted by Gasteiger charge is 2.31. The van der Waals surface area contributed by atoms with Crippen molar-refractivity contribution in [2.45, 2.75) is 52.5 Å². The van der Waals surface area contributed by atoms with E-state index in [1.165, 1.54) is 0 Å². The lowest BCUT2D eigenvalue weighted by molar-refractivity contribution is -0.141. The maximum atomic E-state index is 11.4. The number of aromatic nitrogens is 2. The Balaban J connectivity index is 2.46. The maximum Gasteiger partial charge on any atom is 0.326 e. The van der Waals surface area contributed by atoms with Crippen molar-refractivity contribution in [3.63, 3.8) is 0 Å². The molecule has 1 aliphatic heterocycles. The van der Waals surface area contributed by atoms with Crippen LogP contribution in [0, 0.1) is 5.41 Å². The van der Waals surface area contributed by atoms with Gasteiger partial charge in [-0.25, -0.2) is 9.78 Å². The fourth-order valence-electron chi connectivity index (χ4n) is 2.50. The summed E-state index contributed by atoms with van der Waals surface area (Å²) in [6.45, 7) is 6.42. The number of carboxylic acids is 1. The molecule has 0 saturated carbocycles. The molecule has 1 atom stereocenters. The third kappa shape index (κ3) is 2.60. The zero-order chi connectivity index (χ0) is 13.5. The van der Waals surface area contributed by atoms with Gasteiger partial charge < -0.3 is 9.67 Å². The molecule has 0 aliphatic carbocycles. The van der Waals surface area contributed by atoms with Crippen molar-refractivity contribution in [2.24, 2.45) is 5.41 Å². The predicted molar refractivity (Wildman–Crippen MR) is 72.7 cm³/mol. The van der Waals surface area contributed by atoms with Gasteiger partial charge in [0.1, 0.15) is 16.5 Å². The molecule has 1 N–H and O–H groups in total. The molecule has 18 heavy (non-hydrogen) atoms. The number of aliphatic carboxylic acids is 1. The molecule has 0 amide bonds. The van der Waals surface area contributed by atoms with E-state index in [9.17, 15) is 9.90 Å². The molecular weight excluding hydrogens is 296 g/mol. The van der Waals surface area contributed by atoms with E-state index in [0.29, 0.717) is 6.42 Å². The third-order valence-electron chi connectivity index (χ3n) is 3.21. The molecule has 2 rings (SSSR count). The molecule has 5 heteroatoms. The Labute approximate surface area is 116 Å². The summed E-state index contributed by atoms with van der Waals surface area (Å²) in [5.74, 6) is 0.132. The van der Waals surface area contributed by atoms with E-state index in [-0.39, 0.29) is 5.41 Å². The van der Waals surface area contributed by atoms with E-state index >= 15 is 0 Å². The Morgan fingerprint density at radius 2 is 2.22 bits per heavy atom. The fraction of sp³-hybridized carbons (Fsp3) is 0.692. The Bertz CT molecular complexity index is 474. The van der Waals surface area contributed by atoms with E-state index in [4.69, 9.17) is 0 Å². The Hall–Kier alpha value is -0.840. The lowest BCUT2D eigenvalue weighted by Crippen LogP contribution is -2.27. The molecular formula is C13H19BrN2O2. The van der Waals surface area contributed by atoms with Crippen LogP contribution in [0.1, 0.15) is 51.2 Å². The van der Waals surface area contributed by atoms with Crippen LogP contribution in [0.3, 0.4) is 0 Å². The Morgan fingerprint density at radius 1 is 1.56 bits per heavy atom. The molecule has 0 radical (unpaired) electrons. The van der Waals surface area contributed by atoms with Gasteiger partial charge in [-0.1, -0.05) is 20.8 Å². The summed E-state index contributed by atoms with van der Waals surface area (Å²) in [6, 6.07) is -0.454. The van der Waals surface area contributed by atoms with Gasteiger partial charge in [-0.2, -0.15) is 0 Å². The number of nitrogens with zero attached hydrogens (tertiary/aromatic N) is 2. The summed E-state index contributed by atoms with van der Waals surface area (Å²) >= 11 is 3.46. The topological polar surface area (TPSA) is 55.1 Å². The summed E-state index contributed by atoms with van der Waals surface area (Å²) in [4.78, 5) is 15.9. The maximum absolute atomic E-state index is 11.4. The highest BCUT2D eigenvalue weighted by Crippen LogP contribution is 2.33. The van der Waals surface area contributed by atoms with Gasteiger partial charge in [0.25, 0.3) is 0 Å². The number of hydrogen-bond donors (Lipinski definition) is 1. The van der Waals surface area contributed by atoms with Crippen LogP contribution in [0.15, 0.2) is 4.60 Å². The number of hydrogen-bond acceptors (Lipinski definition) is 2. The van der Waals surface area contributed by atoms with Gasteiger partial charge in [-0.15, -0.1) is 0 Å². The van der Waals surface area contributed by atoms with Crippen LogP contribution in [-0.2, 0) is 17.6 Å². The first kappa shape index (κ1) is 13.6. The molecule has 1 aliphatic rings. The van der Waals surface area contributed by atoms with Crippen molar-refractivity contribution in [2.75, 3.05) is 0 Å². The van der Waals surface area contributed by atoms with Gasteiger partial charge >= 0.3 is 5.97 Å². The van der Waals surface area contributed by atoms with Crippen LogP contribution >= 0.6 is 15.9 Å². The minimum absolute atomic E-state index is 0.0993. The third-order valence-corrected chi connectivity index (χ3v) is 3.85. The quantitative estimate of drug-likeness (QED) is 0.912. The van der Waals surface area contributed by atoms with E-state index in [1.807, 2.05) is 4.57 Å². The first-order valence-corrected chi connectivity index (χ1v) is 7.07. The number of halogens is 1. The standard InChI is InChI=1S/C13H19BrN2O2/c1-13(2,3)7-10-15-11(14)8-5-4-6-9(12(17)18)16(8)10/h9H,4-7H2,1-3H3,(H,17,18). The minimum atomic E-state index is -0.754. The lowest BCUT2D eigenvalue weighted by atomic mass is 9.91. The molecule has 0 saturated heterocycles. The zero-order valence-electron chi connectivity index (χ0n) is 11.0. The molecule has 4 nitrogen and oxygen atoms in total. The molecule has 0 spiro atoms. The van der Waals surface area contributed by atoms with Crippen LogP contribution in [0.25, 0.3) is 0 Å². The van der Waals surface area contributed by atoms with Gasteiger partial charge in [0.2, 0.25) is 0 Å². The van der Waals surface area contributed by atoms with Crippen molar-refractivity contribution < 1.29 is 9.90 Å². The van der Waals surface area contributed by atoms with E-state index < -0.39 is 12.0 Å². The van der Waals surface area contributed by atoms with Crippen molar-refractivity contribution >= 4 is 21.9 Å². The minimum Gasteiger partial charge on any atom is -0.480 e. The molecule has 0 fully saturated rings. The van der Waals surface area contributed by atoms with Gasteiger partial charge in [0.05, 0.1) is 5.69 Å². The molecule has 100 valence electrons. The van der Waals surface area contributed by atoms with Gasteiger partial charge in [0.15, 0.2) is 0 Å². The number of imidazole rings is 1. The molecule has 1 aromatic rings. The Kier molecular flexibility index (Phi) is 3.54. The van der Waals surface area contributed by atoms with Crippen molar-refractivity contribution in [3.05, 3.63) is 16.1 Å². The number of carboxylic acid groups (broad SMARTS) is 1. The second-order valence-electron chi connectivity index (χ2n) is 6.12. The lowest BCUT2D eigenvalue weighted by Gasteiger charge is -2.26. The second-order valence-corrected chi connectivity index (χ2v) is 6.87. The van der Waals surface area contributed by atoms with Crippen LogP contribution in [-0.4, -0.2) is 20.6 Å². The highest BCUT2D eigenvalue weighted by molar-refractivity contribution is 9.10. The smallest absolute Gasteiger partial charge is 0.326 e. The Morgan fingerprint density at radius 3 is 2.78 bits per heavy atom. The number of carbonyl (C=O) groups is 1. The summed E-state index contributed by atoms with van der Waals surface area (Å²) < 4.78 is 2.74. The number of rotatable bonds is 2. The van der Waals surface area contributed by atoms with Crippen molar-refractivity contribution in [1.29, 1.82) is 0 Å². The highest BCUT2D eigenvalue weighted by atomic mass is 79.9. The van der Waals surface area contributed by atoms with E-state index in [1.54, 1.807) is 0 Å². The first-order chi connectivity index (χ1) is 8.29. The molecule has 0 aromatic carbocycles.